The molecule has 1 fully saturated rings. The molecule has 7 heteroatoms. The van der Waals surface area contributed by atoms with Crippen LogP contribution in [0.15, 0.2) is 30.5 Å². The van der Waals surface area contributed by atoms with E-state index in [2.05, 4.69) is 15.6 Å². The summed E-state index contributed by atoms with van der Waals surface area (Å²) >= 11 is 0. The molecule has 1 aliphatic heterocycles. The highest BCUT2D eigenvalue weighted by Crippen LogP contribution is 2.25. The fourth-order valence-corrected chi connectivity index (χ4v) is 2.68. The van der Waals surface area contributed by atoms with Crippen LogP contribution in [0.2, 0.25) is 0 Å². The molecule has 0 radical (unpaired) electrons. The van der Waals surface area contributed by atoms with Gasteiger partial charge < -0.3 is 10.3 Å². The van der Waals surface area contributed by atoms with Crippen LogP contribution >= 0.6 is 12.4 Å². The smallest absolute Gasteiger partial charge is 0.262 e. The lowest BCUT2D eigenvalue weighted by molar-refractivity contribution is -0.123. The lowest BCUT2D eigenvalue weighted by Crippen LogP contribution is -2.41. The number of carbonyl (C=O) groups is 1. The van der Waals surface area contributed by atoms with Gasteiger partial charge in [0, 0.05) is 30.1 Å². The molecule has 1 saturated heterocycles. The Bertz CT molecular complexity index is 659. The van der Waals surface area contributed by atoms with Crippen LogP contribution < -0.4 is 10.6 Å². The number of hydrogen-bond donors (Lipinski definition) is 3. The molecule has 2 aromatic rings. The number of carbonyl (C=O) groups excluding carboxylic acids is 1. The van der Waals surface area contributed by atoms with Crippen molar-refractivity contribution >= 4 is 29.2 Å². The van der Waals surface area contributed by atoms with E-state index in [0.717, 1.165) is 16.5 Å². The second-order valence-electron chi connectivity index (χ2n) is 5.39. The molecule has 0 spiro atoms. The summed E-state index contributed by atoms with van der Waals surface area (Å²) in [4.78, 5) is 15.0. The Morgan fingerprint density at radius 2 is 2.14 bits per heavy atom. The molecule has 0 aliphatic carbocycles. The molecule has 1 amide bonds. The van der Waals surface area contributed by atoms with Crippen molar-refractivity contribution in [1.29, 1.82) is 0 Å². The number of amides is 1. The lowest BCUT2D eigenvalue weighted by atomic mass is 10.1. The van der Waals surface area contributed by atoms with Crippen molar-refractivity contribution in [1.82, 2.24) is 15.6 Å². The highest BCUT2D eigenvalue weighted by atomic mass is 35.5. The summed E-state index contributed by atoms with van der Waals surface area (Å²) in [6.45, 7) is 0.0119. The first-order chi connectivity index (χ1) is 10.1. The average Bonchev–Trinajstić information content (AvgIpc) is 3.03. The molecule has 120 valence electrons. The summed E-state index contributed by atoms with van der Waals surface area (Å²) in [6.07, 6.45) is 2.16. The molecule has 1 aromatic heterocycles. The Hall–Kier alpha value is -1.66. The van der Waals surface area contributed by atoms with E-state index < -0.39 is 24.9 Å². The van der Waals surface area contributed by atoms with Crippen LogP contribution in [-0.4, -0.2) is 35.9 Å². The number of alkyl halides is 2. The lowest BCUT2D eigenvalue weighted by Gasteiger charge is -2.10. The summed E-state index contributed by atoms with van der Waals surface area (Å²) in [5.41, 5.74) is 2.16. The summed E-state index contributed by atoms with van der Waals surface area (Å²) in [7, 11) is 0. The van der Waals surface area contributed by atoms with E-state index >= 15 is 0 Å². The van der Waals surface area contributed by atoms with Gasteiger partial charge >= 0.3 is 0 Å². The number of fused-ring (bicyclic) bond motifs is 1. The van der Waals surface area contributed by atoms with E-state index in [0.29, 0.717) is 13.0 Å². The molecular weight excluding hydrogens is 312 g/mol. The molecular formula is C15H18ClF2N3O. The summed E-state index contributed by atoms with van der Waals surface area (Å²) in [6, 6.07) is 7.13. The molecule has 1 aromatic carbocycles. The van der Waals surface area contributed by atoms with Crippen LogP contribution in [-0.2, 0) is 11.2 Å². The summed E-state index contributed by atoms with van der Waals surface area (Å²) in [5.74, 6) is -3.13. The normalized spacial score (nSPS) is 19.8. The number of benzene rings is 1. The van der Waals surface area contributed by atoms with Crippen molar-refractivity contribution in [3.05, 3.63) is 36.0 Å². The highest BCUT2D eigenvalue weighted by Gasteiger charge is 2.42. The molecule has 2 heterocycles. The van der Waals surface area contributed by atoms with E-state index in [9.17, 15) is 13.6 Å². The van der Waals surface area contributed by atoms with E-state index in [1.807, 2.05) is 30.5 Å². The standard InChI is InChI=1S/C15H17F2N3O.ClH/c16-15(17)7-13(20-9-15)14(21)18-6-5-10-8-19-12-4-2-1-3-11(10)12;/h1-4,8,13,19-20H,5-7,9H2,(H,18,21);1H. The van der Waals surface area contributed by atoms with Gasteiger partial charge in [0.15, 0.2) is 0 Å². The van der Waals surface area contributed by atoms with Gasteiger partial charge in [-0.2, -0.15) is 0 Å². The second-order valence-corrected chi connectivity index (χ2v) is 5.39. The minimum atomic E-state index is -2.78. The minimum Gasteiger partial charge on any atom is -0.361 e. The molecule has 0 bridgehead atoms. The van der Waals surface area contributed by atoms with E-state index in [-0.39, 0.29) is 18.3 Å². The van der Waals surface area contributed by atoms with Crippen molar-refractivity contribution in [3.8, 4) is 0 Å². The number of H-pyrrole nitrogens is 1. The predicted octanol–water partition coefficient (Wildman–Crippen LogP) is 2.25. The summed E-state index contributed by atoms with van der Waals surface area (Å²) < 4.78 is 26.1. The Morgan fingerprint density at radius 1 is 1.36 bits per heavy atom. The van der Waals surface area contributed by atoms with Gasteiger partial charge in [-0.25, -0.2) is 8.78 Å². The Kier molecular flexibility index (Phi) is 5.03. The number of aromatic amines is 1. The number of rotatable bonds is 4. The molecule has 22 heavy (non-hydrogen) atoms. The fourth-order valence-electron chi connectivity index (χ4n) is 2.68. The number of hydrogen-bond acceptors (Lipinski definition) is 2. The first-order valence-corrected chi connectivity index (χ1v) is 6.99. The highest BCUT2D eigenvalue weighted by molar-refractivity contribution is 5.85. The number of nitrogens with one attached hydrogen (secondary N) is 3. The predicted molar refractivity (Wildman–Crippen MR) is 83.6 cm³/mol. The van der Waals surface area contributed by atoms with Crippen molar-refractivity contribution in [2.45, 2.75) is 24.8 Å². The topological polar surface area (TPSA) is 56.9 Å². The zero-order chi connectivity index (χ0) is 14.9. The van der Waals surface area contributed by atoms with Gasteiger partial charge in [-0.15, -0.1) is 12.4 Å². The van der Waals surface area contributed by atoms with Crippen molar-refractivity contribution in [3.63, 3.8) is 0 Å². The molecule has 0 saturated carbocycles. The Morgan fingerprint density at radius 3 is 2.86 bits per heavy atom. The van der Waals surface area contributed by atoms with Gasteiger partial charge in [0.05, 0.1) is 12.6 Å². The van der Waals surface area contributed by atoms with Crippen LogP contribution in [0.5, 0.6) is 0 Å². The third-order valence-corrected chi connectivity index (χ3v) is 3.79. The van der Waals surface area contributed by atoms with Gasteiger partial charge in [0.1, 0.15) is 0 Å². The third-order valence-electron chi connectivity index (χ3n) is 3.79. The molecule has 1 atom stereocenters. The van der Waals surface area contributed by atoms with Crippen LogP contribution in [0.4, 0.5) is 8.78 Å². The van der Waals surface area contributed by atoms with Crippen molar-refractivity contribution in [2.24, 2.45) is 0 Å². The van der Waals surface area contributed by atoms with Crippen LogP contribution in [0.3, 0.4) is 0 Å². The maximum atomic E-state index is 13.0. The first kappa shape index (κ1) is 16.7. The second kappa shape index (κ2) is 6.62. The zero-order valence-corrected chi connectivity index (χ0v) is 12.7. The molecule has 1 aliphatic rings. The van der Waals surface area contributed by atoms with Crippen LogP contribution in [0.1, 0.15) is 12.0 Å². The molecule has 4 nitrogen and oxygen atoms in total. The number of halogens is 3. The fraction of sp³-hybridized carbons (Fsp3) is 0.400. The zero-order valence-electron chi connectivity index (χ0n) is 11.9. The molecule has 1 unspecified atom stereocenters. The Labute approximate surface area is 133 Å². The Balaban J connectivity index is 0.00000176. The van der Waals surface area contributed by atoms with Gasteiger partial charge in [0.25, 0.3) is 5.92 Å². The maximum Gasteiger partial charge on any atom is 0.262 e. The monoisotopic (exact) mass is 329 g/mol. The van der Waals surface area contributed by atoms with Crippen molar-refractivity contribution in [2.75, 3.05) is 13.1 Å². The quantitative estimate of drug-likeness (QED) is 0.806. The van der Waals surface area contributed by atoms with Crippen LogP contribution in [0, 0.1) is 0 Å². The third kappa shape index (κ3) is 3.56. The van der Waals surface area contributed by atoms with Crippen molar-refractivity contribution < 1.29 is 13.6 Å². The van der Waals surface area contributed by atoms with Gasteiger partial charge in [0.2, 0.25) is 5.91 Å². The molecule has 3 N–H and O–H groups in total. The van der Waals surface area contributed by atoms with Crippen LogP contribution in [0.25, 0.3) is 10.9 Å². The molecule has 3 rings (SSSR count). The van der Waals surface area contributed by atoms with E-state index in [1.165, 1.54) is 0 Å². The number of aromatic nitrogens is 1. The largest absolute Gasteiger partial charge is 0.361 e. The minimum absolute atomic E-state index is 0. The summed E-state index contributed by atoms with van der Waals surface area (Å²) in [5, 5.41) is 6.39. The van der Waals surface area contributed by atoms with Gasteiger partial charge in [-0.05, 0) is 18.1 Å². The maximum absolute atomic E-state index is 13.0. The van der Waals surface area contributed by atoms with E-state index in [4.69, 9.17) is 0 Å². The van der Waals surface area contributed by atoms with E-state index in [1.54, 1.807) is 0 Å². The average molecular weight is 330 g/mol. The van der Waals surface area contributed by atoms with Gasteiger partial charge in [-0.1, -0.05) is 18.2 Å². The first-order valence-electron chi connectivity index (χ1n) is 6.99. The number of para-hydroxylation sites is 1. The SMILES string of the molecule is Cl.O=C(NCCc1c[nH]c2ccccc12)C1CC(F)(F)CN1. The van der Waals surface area contributed by atoms with Gasteiger partial charge in [-0.3, -0.25) is 10.1 Å².